The molecule has 1 unspecified atom stereocenters. The minimum atomic E-state index is -0.502. The number of aromatic nitrogens is 2. The van der Waals surface area contributed by atoms with Crippen LogP contribution in [0.5, 0.6) is 6.01 Å². The SMILES string of the molecule is CCOc1nc(CC)c(CNC(=O)C(CC(C)C)SC(C)=O)n1Cc1ccc(-c2ccccc2C(=O)OC)cc1F. The molecule has 1 N–H and O–H groups in total. The van der Waals surface area contributed by atoms with Gasteiger partial charge in [-0.05, 0) is 48.9 Å². The average molecular weight is 584 g/mol. The molecule has 0 radical (unpaired) electrons. The highest BCUT2D eigenvalue weighted by atomic mass is 32.2. The van der Waals surface area contributed by atoms with E-state index in [4.69, 9.17) is 9.47 Å². The molecule has 10 heteroatoms. The number of rotatable bonds is 13. The van der Waals surface area contributed by atoms with Crippen LogP contribution in [0.1, 0.15) is 68.3 Å². The maximum absolute atomic E-state index is 15.5. The second kappa shape index (κ2) is 14.8. The molecule has 0 bridgehead atoms. The van der Waals surface area contributed by atoms with Gasteiger partial charge in [-0.15, -0.1) is 0 Å². The number of thioether (sulfide) groups is 1. The zero-order valence-electron chi connectivity index (χ0n) is 24.5. The Kier molecular flexibility index (Phi) is 11.5. The number of methoxy groups -OCH3 is 1. The van der Waals surface area contributed by atoms with Gasteiger partial charge in [0, 0.05) is 12.5 Å². The van der Waals surface area contributed by atoms with E-state index in [2.05, 4.69) is 10.3 Å². The summed E-state index contributed by atoms with van der Waals surface area (Å²) in [5.74, 6) is -0.946. The Morgan fingerprint density at radius 3 is 2.46 bits per heavy atom. The summed E-state index contributed by atoms with van der Waals surface area (Å²) >= 11 is 1.03. The van der Waals surface area contributed by atoms with Gasteiger partial charge in [-0.3, -0.25) is 14.2 Å². The van der Waals surface area contributed by atoms with Gasteiger partial charge in [-0.1, -0.05) is 62.9 Å². The molecule has 1 aromatic heterocycles. The first-order chi connectivity index (χ1) is 19.6. The number of halogens is 1. The van der Waals surface area contributed by atoms with Crippen molar-refractivity contribution in [3.63, 3.8) is 0 Å². The highest BCUT2D eigenvalue weighted by molar-refractivity contribution is 8.14. The minimum Gasteiger partial charge on any atom is -0.465 e. The standard InChI is InChI=1S/C31H38FN3O5S/c1-7-26-27(17-33-29(37)28(15-19(3)4)41-20(5)36)35(31(34-26)40-8-2)18-22-14-13-21(16-25(22)32)23-11-9-10-12-24(23)30(38)39-6/h9-14,16,19,28H,7-8,15,17-18H2,1-6H3,(H,33,37). The Hall–Kier alpha value is -3.66. The van der Waals surface area contributed by atoms with Crippen molar-refractivity contribution >= 4 is 28.8 Å². The van der Waals surface area contributed by atoms with Crippen molar-refractivity contribution in [2.75, 3.05) is 13.7 Å². The van der Waals surface area contributed by atoms with Crippen LogP contribution >= 0.6 is 11.8 Å². The van der Waals surface area contributed by atoms with Crippen molar-refractivity contribution in [3.8, 4) is 17.1 Å². The molecule has 8 nitrogen and oxygen atoms in total. The smallest absolute Gasteiger partial charge is 0.338 e. The van der Waals surface area contributed by atoms with Crippen molar-refractivity contribution in [1.82, 2.24) is 14.9 Å². The molecule has 220 valence electrons. The lowest BCUT2D eigenvalue weighted by atomic mass is 9.98. The first-order valence-electron chi connectivity index (χ1n) is 13.7. The van der Waals surface area contributed by atoms with Gasteiger partial charge in [-0.2, -0.15) is 4.98 Å². The lowest BCUT2D eigenvalue weighted by Crippen LogP contribution is -2.34. The van der Waals surface area contributed by atoms with Crippen molar-refractivity contribution < 1.29 is 28.2 Å². The number of nitrogens with one attached hydrogen (secondary N) is 1. The quantitative estimate of drug-likeness (QED) is 0.254. The molecule has 0 aliphatic rings. The first-order valence-corrected chi connectivity index (χ1v) is 14.6. The summed E-state index contributed by atoms with van der Waals surface area (Å²) in [6, 6.07) is 12.1. The predicted molar refractivity (Wildman–Crippen MR) is 158 cm³/mol. The molecule has 0 saturated carbocycles. The van der Waals surface area contributed by atoms with Crippen LogP contribution in [0.3, 0.4) is 0 Å². The number of hydrogen-bond acceptors (Lipinski definition) is 7. The Morgan fingerprint density at radius 2 is 1.85 bits per heavy atom. The second-order valence-corrected chi connectivity index (χ2v) is 11.3. The molecule has 0 aliphatic heterocycles. The van der Waals surface area contributed by atoms with Gasteiger partial charge >= 0.3 is 5.97 Å². The Morgan fingerprint density at radius 1 is 1.12 bits per heavy atom. The molecule has 1 atom stereocenters. The van der Waals surface area contributed by atoms with Crippen molar-refractivity contribution in [1.29, 1.82) is 0 Å². The molecular weight excluding hydrogens is 545 g/mol. The summed E-state index contributed by atoms with van der Waals surface area (Å²) in [4.78, 5) is 41.7. The third-order valence-corrected chi connectivity index (χ3v) is 7.49. The largest absolute Gasteiger partial charge is 0.465 e. The van der Waals surface area contributed by atoms with E-state index in [1.165, 1.54) is 20.1 Å². The Balaban J connectivity index is 1.93. The topological polar surface area (TPSA) is 99.5 Å². The third-order valence-electron chi connectivity index (χ3n) is 6.47. The summed E-state index contributed by atoms with van der Waals surface area (Å²) < 4.78 is 28.0. The number of hydrogen-bond donors (Lipinski definition) is 1. The number of benzene rings is 2. The number of carbonyl (C=O) groups is 3. The fraction of sp³-hybridized carbons (Fsp3) is 0.419. The lowest BCUT2D eigenvalue weighted by Gasteiger charge is -2.18. The highest BCUT2D eigenvalue weighted by Gasteiger charge is 2.25. The van der Waals surface area contributed by atoms with Gasteiger partial charge in [0.2, 0.25) is 5.91 Å². The van der Waals surface area contributed by atoms with Crippen molar-refractivity contribution in [3.05, 3.63) is 70.8 Å². The fourth-order valence-corrected chi connectivity index (χ4v) is 5.62. The van der Waals surface area contributed by atoms with E-state index in [1.54, 1.807) is 41.0 Å². The van der Waals surface area contributed by atoms with Crippen LogP contribution in [0.25, 0.3) is 11.1 Å². The molecular formula is C31H38FN3O5S. The zero-order chi connectivity index (χ0) is 30.1. The van der Waals surface area contributed by atoms with Crippen molar-refractivity contribution in [2.24, 2.45) is 5.92 Å². The summed E-state index contributed by atoms with van der Waals surface area (Å²) in [6.07, 6.45) is 1.15. The molecule has 41 heavy (non-hydrogen) atoms. The predicted octanol–water partition coefficient (Wildman–Crippen LogP) is 5.80. The number of esters is 1. The van der Waals surface area contributed by atoms with Crippen molar-refractivity contribution in [2.45, 2.75) is 65.8 Å². The maximum Gasteiger partial charge on any atom is 0.338 e. The fourth-order valence-electron chi connectivity index (χ4n) is 4.55. The lowest BCUT2D eigenvalue weighted by molar-refractivity contribution is -0.121. The maximum atomic E-state index is 15.5. The number of ether oxygens (including phenoxy) is 2. The van der Waals surface area contributed by atoms with Crippen LogP contribution in [0.2, 0.25) is 0 Å². The molecule has 3 rings (SSSR count). The van der Waals surface area contributed by atoms with E-state index in [9.17, 15) is 14.4 Å². The van der Waals surface area contributed by atoms with Crippen LogP contribution in [0.4, 0.5) is 4.39 Å². The molecule has 1 amide bonds. The van der Waals surface area contributed by atoms with E-state index < -0.39 is 17.0 Å². The zero-order valence-corrected chi connectivity index (χ0v) is 25.3. The summed E-state index contributed by atoms with van der Waals surface area (Å²) in [6.45, 7) is 9.91. The number of imidazole rings is 1. The summed E-state index contributed by atoms with van der Waals surface area (Å²) in [5, 5.41) is 2.35. The van der Waals surface area contributed by atoms with Gasteiger partial charge in [0.05, 0.1) is 49.0 Å². The average Bonchev–Trinajstić information content (AvgIpc) is 3.27. The van der Waals surface area contributed by atoms with Gasteiger partial charge in [0.1, 0.15) is 5.82 Å². The Labute approximate surface area is 245 Å². The third kappa shape index (κ3) is 8.19. The van der Waals surface area contributed by atoms with Crippen LogP contribution in [0, 0.1) is 11.7 Å². The van der Waals surface area contributed by atoms with Crippen LogP contribution in [-0.4, -0.2) is 45.5 Å². The second-order valence-electron chi connectivity index (χ2n) is 9.95. The number of nitrogens with zero attached hydrogens (tertiary/aromatic N) is 2. The Bertz CT molecular complexity index is 1390. The minimum absolute atomic E-state index is 0.114. The normalized spacial score (nSPS) is 11.8. The summed E-state index contributed by atoms with van der Waals surface area (Å²) in [7, 11) is 1.31. The summed E-state index contributed by atoms with van der Waals surface area (Å²) in [5.41, 5.74) is 3.29. The molecule has 2 aromatic carbocycles. The first kappa shape index (κ1) is 31.9. The number of amides is 1. The monoisotopic (exact) mass is 583 g/mol. The molecule has 0 saturated heterocycles. The molecule has 0 aliphatic carbocycles. The van der Waals surface area contributed by atoms with E-state index in [0.29, 0.717) is 53.4 Å². The van der Waals surface area contributed by atoms with Crippen LogP contribution < -0.4 is 10.1 Å². The van der Waals surface area contributed by atoms with Gasteiger partial charge < -0.3 is 14.8 Å². The van der Waals surface area contributed by atoms with Crippen LogP contribution in [0.15, 0.2) is 42.5 Å². The van der Waals surface area contributed by atoms with Gasteiger partial charge in [0.25, 0.3) is 6.01 Å². The van der Waals surface area contributed by atoms with Gasteiger partial charge in [0.15, 0.2) is 5.12 Å². The highest BCUT2D eigenvalue weighted by Crippen LogP contribution is 2.28. The number of carbonyl (C=O) groups excluding carboxylic acids is 3. The van der Waals surface area contributed by atoms with Crippen LogP contribution in [-0.2, 0) is 33.8 Å². The van der Waals surface area contributed by atoms with Gasteiger partial charge in [-0.25, -0.2) is 9.18 Å². The molecule has 1 heterocycles. The van der Waals surface area contributed by atoms with E-state index >= 15 is 4.39 Å². The van der Waals surface area contributed by atoms with E-state index in [-0.39, 0.29) is 30.0 Å². The number of aryl methyl sites for hydroxylation is 1. The van der Waals surface area contributed by atoms with E-state index in [0.717, 1.165) is 17.5 Å². The molecule has 0 fully saturated rings. The molecule has 0 spiro atoms. The molecule has 3 aromatic rings. The van der Waals surface area contributed by atoms with E-state index in [1.807, 2.05) is 27.7 Å².